The summed E-state index contributed by atoms with van der Waals surface area (Å²) >= 11 is 0. The maximum absolute atomic E-state index is 2.52. The van der Waals surface area contributed by atoms with Crippen LogP contribution in [0.25, 0.3) is 0 Å². The molecular formula is C30H38. The highest BCUT2D eigenvalue weighted by Gasteiger charge is 2.37. The molecule has 0 N–H and O–H groups in total. The highest BCUT2D eigenvalue weighted by Crippen LogP contribution is 2.49. The second-order valence-electron chi connectivity index (χ2n) is 9.85. The molecule has 0 nitrogen and oxygen atoms in total. The molecule has 0 radical (unpaired) electrons. The van der Waals surface area contributed by atoms with Gasteiger partial charge in [0.05, 0.1) is 0 Å². The lowest BCUT2D eigenvalue weighted by atomic mass is 9.62. The van der Waals surface area contributed by atoms with Gasteiger partial charge in [0.1, 0.15) is 0 Å². The molecule has 0 bridgehead atoms. The lowest BCUT2D eigenvalue weighted by Crippen LogP contribution is -2.32. The molecule has 0 heterocycles. The van der Waals surface area contributed by atoms with Gasteiger partial charge in [0, 0.05) is 0 Å². The maximum atomic E-state index is 2.52. The minimum Gasteiger partial charge on any atom is -0.0648 e. The van der Waals surface area contributed by atoms with Crippen molar-refractivity contribution in [3.05, 3.63) is 107 Å². The van der Waals surface area contributed by atoms with E-state index >= 15 is 0 Å². The SMILES string of the molecule is CCC(C)(CCc1ccccc1C)C(CC(C)(C)c1ccccc1)c1ccccc1. The molecular weight excluding hydrogens is 360 g/mol. The standard InChI is InChI=1S/C30H38/c1-6-30(5,22-21-25-16-14-13-15-24(25)2)28(26-17-9-7-10-18-26)23-29(3,4)27-19-11-8-12-20-27/h7-20,28H,6,21-23H2,1-5H3. The van der Waals surface area contributed by atoms with E-state index in [2.05, 4.69) is 120 Å². The summed E-state index contributed by atoms with van der Waals surface area (Å²) in [5.74, 6) is 0.517. The first kappa shape index (κ1) is 22.3. The highest BCUT2D eigenvalue weighted by atomic mass is 14.4. The van der Waals surface area contributed by atoms with Gasteiger partial charge in [-0.15, -0.1) is 0 Å². The fourth-order valence-corrected chi connectivity index (χ4v) is 4.88. The molecule has 0 saturated carbocycles. The summed E-state index contributed by atoms with van der Waals surface area (Å²) in [5, 5.41) is 0. The Hall–Kier alpha value is -2.34. The van der Waals surface area contributed by atoms with E-state index < -0.39 is 0 Å². The van der Waals surface area contributed by atoms with E-state index in [0.29, 0.717) is 5.92 Å². The zero-order chi connectivity index (χ0) is 21.6. The minimum absolute atomic E-state index is 0.126. The van der Waals surface area contributed by atoms with Gasteiger partial charge in [0.25, 0.3) is 0 Å². The van der Waals surface area contributed by atoms with Crippen LogP contribution in [0.2, 0.25) is 0 Å². The Balaban J connectivity index is 1.92. The van der Waals surface area contributed by atoms with Crippen molar-refractivity contribution < 1.29 is 0 Å². The summed E-state index contributed by atoms with van der Waals surface area (Å²) in [7, 11) is 0. The second kappa shape index (κ2) is 9.65. The predicted octanol–water partition coefficient (Wildman–Crippen LogP) is 8.50. The van der Waals surface area contributed by atoms with Gasteiger partial charge in [0.15, 0.2) is 0 Å². The molecule has 30 heavy (non-hydrogen) atoms. The van der Waals surface area contributed by atoms with Crippen molar-refractivity contribution in [2.45, 2.75) is 71.6 Å². The summed E-state index contributed by atoms with van der Waals surface area (Å²) in [4.78, 5) is 0. The van der Waals surface area contributed by atoms with E-state index in [1.165, 1.54) is 35.1 Å². The molecule has 2 unspecified atom stereocenters. The lowest BCUT2D eigenvalue weighted by Gasteiger charge is -2.42. The monoisotopic (exact) mass is 398 g/mol. The predicted molar refractivity (Wildman–Crippen MR) is 131 cm³/mol. The third-order valence-electron chi connectivity index (χ3n) is 7.35. The molecule has 158 valence electrons. The smallest absolute Gasteiger partial charge is 0.00975 e. The molecule has 0 aliphatic carbocycles. The number of rotatable bonds is 9. The van der Waals surface area contributed by atoms with Crippen molar-refractivity contribution in [1.29, 1.82) is 0 Å². The average Bonchev–Trinajstić information content (AvgIpc) is 2.78. The number of aryl methyl sites for hydroxylation is 2. The van der Waals surface area contributed by atoms with Crippen LogP contribution in [0.4, 0.5) is 0 Å². The van der Waals surface area contributed by atoms with Gasteiger partial charge in [-0.3, -0.25) is 0 Å². The minimum atomic E-state index is 0.126. The van der Waals surface area contributed by atoms with E-state index in [9.17, 15) is 0 Å². The van der Waals surface area contributed by atoms with Crippen LogP contribution >= 0.6 is 0 Å². The van der Waals surface area contributed by atoms with Gasteiger partial charge in [-0.2, -0.15) is 0 Å². The van der Waals surface area contributed by atoms with E-state index in [4.69, 9.17) is 0 Å². The van der Waals surface area contributed by atoms with Gasteiger partial charge < -0.3 is 0 Å². The summed E-state index contributed by atoms with van der Waals surface area (Å²) in [5.41, 5.74) is 6.19. The maximum Gasteiger partial charge on any atom is -0.00975 e. The van der Waals surface area contributed by atoms with Crippen LogP contribution in [0.1, 0.15) is 75.1 Å². The molecule has 0 amide bonds. The fourth-order valence-electron chi connectivity index (χ4n) is 4.88. The third-order valence-corrected chi connectivity index (χ3v) is 7.35. The lowest BCUT2D eigenvalue weighted by molar-refractivity contribution is 0.187. The van der Waals surface area contributed by atoms with Crippen molar-refractivity contribution in [2.75, 3.05) is 0 Å². The topological polar surface area (TPSA) is 0 Å². The van der Waals surface area contributed by atoms with Crippen molar-refractivity contribution in [2.24, 2.45) is 5.41 Å². The molecule has 3 aromatic carbocycles. The van der Waals surface area contributed by atoms with Crippen LogP contribution < -0.4 is 0 Å². The average molecular weight is 399 g/mol. The number of benzene rings is 3. The summed E-state index contributed by atoms with van der Waals surface area (Å²) in [6.45, 7) is 12.0. The van der Waals surface area contributed by atoms with Gasteiger partial charge in [-0.25, -0.2) is 0 Å². The third kappa shape index (κ3) is 5.22. The molecule has 0 aliphatic rings. The summed E-state index contributed by atoms with van der Waals surface area (Å²) in [6.07, 6.45) is 4.69. The van der Waals surface area contributed by atoms with Crippen molar-refractivity contribution in [3.8, 4) is 0 Å². The van der Waals surface area contributed by atoms with Crippen LogP contribution in [0.15, 0.2) is 84.9 Å². The first-order valence-corrected chi connectivity index (χ1v) is 11.5. The number of hydrogen-bond acceptors (Lipinski definition) is 0. The van der Waals surface area contributed by atoms with Crippen LogP contribution in [0, 0.1) is 12.3 Å². The molecule has 0 aromatic heterocycles. The normalized spacial score (nSPS) is 14.8. The molecule has 3 aromatic rings. The van der Waals surface area contributed by atoms with E-state index in [1.807, 2.05) is 0 Å². The second-order valence-corrected chi connectivity index (χ2v) is 9.85. The zero-order valence-electron chi connectivity index (χ0n) is 19.5. The Bertz CT molecular complexity index is 907. The quantitative estimate of drug-likeness (QED) is 0.339. The summed E-state index contributed by atoms with van der Waals surface area (Å²) in [6, 6.07) is 31.1. The molecule has 0 fully saturated rings. The Labute approximate surface area is 184 Å². The zero-order valence-corrected chi connectivity index (χ0v) is 19.5. The van der Waals surface area contributed by atoms with Crippen molar-refractivity contribution >= 4 is 0 Å². The molecule has 0 saturated heterocycles. The molecule has 3 rings (SSSR count). The van der Waals surface area contributed by atoms with Crippen molar-refractivity contribution in [3.63, 3.8) is 0 Å². The summed E-state index contributed by atoms with van der Waals surface area (Å²) < 4.78 is 0. The van der Waals surface area contributed by atoms with Crippen LogP contribution in [-0.4, -0.2) is 0 Å². The molecule has 0 spiro atoms. The van der Waals surface area contributed by atoms with Crippen LogP contribution in [-0.2, 0) is 11.8 Å². The van der Waals surface area contributed by atoms with E-state index in [1.54, 1.807) is 0 Å². The largest absolute Gasteiger partial charge is 0.0648 e. The van der Waals surface area contributed by atoms with Crippen LogP contribution in [0.5, 0.6) is 0 Å². The van der Waals surface area contributed by atoms with E-state index in [0.717, 1.165) is 12.8 Å². The highest BCUT2D eigenvalue weighted by molar-refractivity contribution is 5.29. The Morgan fingerprint density at radius 2 is 1.30 bits per heavy atom. The van der Waals surface area contributed by atoms with Crippen molar-refractivity contribution in [1.82, 2.24) is 0 Å². The first-order chi connectivity index (χ1) is 14.4. The molecule has 2 atom stereocenters. The van der Waals surface area contributed by atoms with Gasteiger partial charge >= 0.3 is 0 Å². The fraction of sp³-hybridized carbons (Fsp3) is 0.400. The first-order valence-electron chi connectivity index (χ1n) is 11.5. The van der Waals surface area contributed by atoms with Gasteiger partial charge in [0.2, 0.25) is 0 Å². The van der Waals surface area contributed by atoms with Crippen LogP contribution in [0.3, 0.4) is 0 Å². The number of hydrogen-bond donors (Lipinski definition) is 0. The Morgan fingerprint density at radius 3 is 1.90 bits per heavy atom. The Morgan fingerprint density at radius 1 is 0.733 bits per heavy atom. The molecule has 0 heteroatoms. The van der Waals surface area contributed by atoms with Gasteiger partial charge in [-0.05, 0) is 65.2 Å². The molecule has 0 aliphatic heterocycles. The van der Waals surface area contributed by atoms with Gasteiger partial charge in [-0.1, -0.05) is 119 Å². The Kier molecular flexibility index (Phi) is 7.19. The van der Waals surface area contributed by atoms with E-state index in [-0.39, 0.29) is 10.8 Å².